The van der Waals surface area contributed by atoms with Crippen LogP contribution in [0, 0.1) is 0 Å². The zero-order valence-corrected chi connectivity index (χ0v) is 14.4. The Morgan fingerprint density at radius 3 is 2.29 bits per heavy atom. The minimum Gasteiger partial charge on any atom is -0.267 e. The standard InChI is InChI=1S/C20H15BrN2O/c21-19-8-4-7-18(13-19)20(24)23-22-14-15-9-11-17(12-10-15)16-5-2-1-3-6-16/h1-14H,(H,23,24). The van der Waals surface area contributed by atoms with Gasteiger partial charge < -0.3 is 0 Å². The van der Waals surface area contributed by atoms with E-state index in [1.54, 1.807) is 18.3 Å². The van der Waals surface area contributed by atoms with Gasteiger partial charge in [0.1, 0.15) is 0 Å². The third-order valence-electron chi connectivity index (χ3n) is 3.48. The quantitative estimate of drug-likeness (QED) is 0.510. The summed E-state index contributed by atoms with van der Waals surface area (Å²) in [6, 6.07) is 25.3. The van der Waals surface area contributed by atoms with Crippen molar-refractivity contribution in [2.45, 2.75) is 0 Å². The van der Waals surface area contributed by atoms with Crippen LogP contribution in [0.25, 0.3) is 11.1 Å². The Labute approximate surface area is 149 Å². The zero-order valence-electron chi connectivity index (χ0n) is 12.8. The lowest BCUT2D eigenvalue weighted by atomic mass is 10.0. The first-order valence-electron chi connectivity index (χ1n) is 7.47. The van der Waals surface area contributed by atoms with Gasteiger partial charge in [0.05, 0.1) is 6.21 Å². The molecule has 0 aromatic heterocycles. The van der Waals surface area contributed by atoms with Crippen molar-refractivity contribution in [2.75, 3.05) is 0 Å². The summed E-state index contributed by atoms with van der Waals surface area (Å²) in [6.45, 7) is 0. The average molecular weight is 379 g/mol. The lowest BCUT2D eigenvalue weighted by Crippen LogP contribution is -2.17. The molecule has 0 aliphatic carbocycles. The van der Waals surface area contributed by atoms with Crippen molar-refractivity contribution < 1.29 is 4.79 Å². The highest BCUT2D eigenvalue weighted by molar-refractivity contribution is 9.10. The molecule has 0 spiro atoms. The Balaban J connectivity index is 1.64. The first-order chi connectivity index (χ1) is 11.7. The van der Waals surface area contributed by atoms with Gasteiger partial charge in [0.25, 0.3) is 5.91 Å². The number of rotatable bonds is 4. The number of amides is 1. The minimum atomic E-state index is -0.242. The largest absolute Gasteiger partial charge is 0.271 e. The van der Waals surface area contributed by atoms with Gasteiger partial charge in [-0.2, -0.15) is 5.10 Å². The van der Waals surface area contributed by atoms with Gasteiger partial charge in [0.2, 0.25) is 0 Å². The highest BCUT2D eigenvalue weighted by atomic mass is 79.9. The molecule has 4 heteroatoms. The Bertz CT molecular complexity index is 858. The summed E-state index contributed by atoms with van der Waals surface area (Å²) in [5.74, 6) is -0.242. The van der Waals surface area contributed by atoms with Crippen LogP contribution in [0.3, 0.4) is 0 Å². The highest BCUT2D eigenvalue weighted by Gasteiger charge is 2.03. The van der Waals surface area contributed by atoms with Gasteiger partial charge in [-0.05, 0) is 34.9 Å². The first-order valence-corrected chi connectivity index (χ1v) is 8.26. The predicted molar refractivity (Wildman–Crippen MR) is 101 cm³/mol. The van der Waals surface area contributed by atoms with Crippen LogP contribution in [0.1, 0.15) is 15.9 Å². The maximum atomic E-state index is 12.0. The minimum absolute atomic E-state index is 0.242. The first kappa shape index (κ1) is 16.1. The van der Waals surface area contributed by atoms with Crippen molar-refractivity contribution in [1.82, 2.24) is 5.43 Å². The number of hydrazone groups is 1. The number of carbonyl (C=O) groups is 1. The summed E-state index contributed by atoms with van der Waals surface area (Å²) in [4.78, 5) is 12.0. The van der Waals surface area contributed by atoms with E-state index in [0.29, 0.717) is 5.56 Å². The molecule has 0 aliphatic rings. The molecule has 0 aliphatic heterocycles. The van der Waals surface area contributed by atoms with Crippen LogP contribution in [0.15, 0.2) is 88.4 Å². The molecule has 3 aromatic carbocycles. The fourth-order valence-corrected chi connectivity index (χ4v) is 2.65. The number of benzene rings is 3. The SMILES string of the molecule is O=C(NN=Cc1ccc(-c2ccccc2)cc1)c1cccc(Br)c1. The van der Waals surface area contributed by atoms with E-state index in [1.165, 1.54) is 5.56 Å². The third kappa shape index (κ3) is 4.18. The van der Waals surface area contributed by atoms with E-state index in [2.05, 4.69) is 38.6 Å². The molecule has 118 valence electrons. The molecule has 0 bridgehead atoms. The van der Waals surface area contributed by atoms with Gasteiger partial charge in [0, 0.05) is 10.0 Å². The van der Waals surface area contributed by atoms with Gasteiger partial charge >= 0.3 is 0 Å². The molecular weight excluding hydrogens is 364 g/mol. The highest BCUT2D eigenvalue weighted by Crippen LogP contribution is 2.18. The monoisotopic (exact) mass is 378 g/mol. The van der Waals surface area contributed by atoms with E-state index < -0.39 is 0 Å². The molecule has 0 saturated carbocycles. The molecule has 0 atom stereocenters. The molecule has 3 aromatic rings. The smallest absolute Gasteiger partial charge is 0.267 e. The van der Waals surface area contributed by atoms with Gasteiger partial charge in [-0.3, -0.25) is 4.79 Å². The summed E-state index contributed by atoms with van der Waals surface area (Å²) in [7, 11) is 0. The van der Waals surface area contributed by atoms with E-state index in [0.717, 1.165) is 15.6 Å². The molecule has 0 heterocycles. The fraction of sp³-hybridized carbons (Fsp3) is 0. The van der Waals surface area contributed by atoms with Crippen LogP contribution < -0.4 is 5.43 Å². The van der Waals surface area contributed by atoms with Crippen molar-refractivity contribution >= 4 is 28.1 Å². The molecule has 3 rings (SSSR count). The molecule has 1 N–H and O–H groups in total. The molecule has 0 fully saturated rings. The molecule has 0 unspecified atom stereocenters. The van der Waals surface area contributed by atoms with E-state index in [1.807, 2.05) is 54.6 Å². The second-order valence-electron chi connectivity index (χ2n) is 5.20. The summed E-state index contributed by atoms with van der Waals surface area (Å²) >= 11 is 3.34. The number of nitrogens with zero attached hydrogens (tertiary/aromatic N) is 1. The number of halogens is 1. The summed E-state index contributed by atoms with van der Waals surface area (Å²) in [5, 5.41) is 4.01. The number of nitrogens with one attached hydrogen (secondary N) is 1. The van der Waals surface area contributed by atoms with Crippen LogP contribution in [-0.2, 0) is 0 Å². The van der Waals surface area contributed by atoms with Gasteiger partial charge in [0.15, 0.2) is 0 Å². The average Bonchev–Trinajstić information content (AvgIpc) is 2.63. The molecule has 1 amide bonds. The Kier molecular flexibility index (Phi) is 5.18. The molecule has 0 radical (unpaired) electrons. The normalized spacial score (nSPS) is 10.7. The van der Waals surface area contributed by atoms with E-state index in [4.69, 9.17) is 0 Å². The Hall–Kier alpha value is -2.72. The van der Waals surface area contributed by atoms with E-state index in [9.17, 15) is 4.79 Å². The molecule has 24 heavy (non-hydrogen) atoms. The van der Waals surface area contributed by atoms with Crippen LogP contribution >= 0.6 is 15.9 Å². The number of carbonyl (C=O) groups excluding carboxylic acids is 1. The van der Waals surface area contributed by atoms with Crippen LogP contribution in [0.4, 0.5) is 0 Å². The molecule has 3 nitrogen and oxygen atoms in total. The number of hydrogen-bond acceptors (Lipinski definition) is 2. The van der Waals surface area contributed by atoms with Gasteiger partial charge in [-0.1, -0.05) is 76.6 Å². The summed E-state index contributed by atoms with van der Waals surface area (Å²) < 4.78 is 0.857. The Morgan fingerprint density at radius 1 is 0.875 bits per heavy atom. The lowest BCUT2D eigenvalue weighted by molar-refractivity contribution is 0.0955. The third-order valence-corrected chi connectivity index (χ3v) is 3.98. The van der Waals surface area contributed by atoms with Crippen molar-refractivity contribution in [3.63, 3.8) is 0 Å². The summed E-state index contributed by atoms with van der Waals surface area (Å²) in [6.07, 6.45) is 1.63. The molecule has 0 saturated heterocycles. The van der Waals surface area contributed by atoms with Gasteiger partial charge in [-0.15, -0.1) is 0 Å². The maximum Gasteiger partial charge on any atom is 0.271 e. The Morgan fingerprint density at radius 2 is 1.58 bits per heavy atom. The van der Waals surface area contributed by atoms with Gasteiger partial charge in [-0.25, -0.2) is 5.43 Å². The van der Waals surface area contributed by atoms with Crippen LogP contribution in [0.5, 0.6) is 0 Å². The topological polar surface area (TPSA) is 41.5 Å². The lowest BCUT2D eigenvalue weighted by Gasteiger charge is -2.02. The van der Waals surface area contributed by atoms with E-state index >= 15 is 0 Å². The van der Waals surface area contributed by atoms with Crippen molar-refractivity contribution in [3.05, 3.63) is 94.5 Å². The maximum absolute atomic E-state index is 12.0. The molecular formula is C20H15BrN2O. The second kappa shape index (κ2) is 7.70. The zero-order chi connectivity index (χ0) is 16.8. The van der Waals surface area contributed by atoms with Crippen LogP contribution in [-0.4, -0.2) is 12.1 Å². The predicted octanol–water partition coefficient (Wildman–Crippen LogP) is 4.88. The van der Waals surface area contributed by atoms with Crippen molar-refractivity contribution in [3.8, 4) is 11.1 Å². The summed E-state index contributed by atoms with van der Waals surface area (Å²) in [5.41, 5.74) is 6.32. The van der Waals surface area contributed by atoms with Crippen LogP contribution in [0.2, 0.25) is 0 Å². The second-order valence-corrected chi connectivity index (χ2v) is 6.11. The fourth-order valence-electron chi connectivity index (χ4n) is 2.25. The van der Waals surface area contributed by atoms with Crippen molar-refractivity contribution in [2.24, 2.45) is 5.10 Å². The number of hydrogen-bond donors (Lipinski definition) is 1. The van der Waals surface area contributed by atoms with Crippen molar-refractivity contribution in [1.29, 1.82) is 0 Å². The van der Waals surface area contributed by atoms with E-state index in [-0.39, 0.29) is 5.91 Å².